The fourth-order valence-electron chi connectivity index (χ4n) is 1.50. The van der Waals surface area contributed by atoms with Crippen molar-refractivity contribution in [3.8, 4) is 11.8 Å². The van der Waals surface area contributed by atoms with E-state index in [9.17, 15) is 4.79 Å². The number of esters is 1. The molecule has 1 aromatic carbocycles. The van der Waals surface area contributed by atoms with Crippen LogP contribution in [0.15, 0.2) is 36.4 Å². The predicted molar refractivity (Wildman–Crippen MR) is 75.0 cm³/mol. The summed E-state index contributed by atoms with van der Waals surface area (Å²) in [5.74, 6) is 5.72. The normalized spacial score (nSPS) is 12.1. The Morgan fingerprint density at radius 1 is 1.37 bits per heavy atom. The Hall–Kier alpha value is -2.21. The zero-order valence-electron chi connectivity index (χ0n) is 11.5. The number of carbonyl (C=O) groups is 1. The Balaban J connectivity index is 2.96. The quantitative estimate of drug-likeness (QED) is 0.352. The summed E-state index contributed by atoms with van der Waals surface area (Å²) in [7, 11) is 0. The van der Waals surface area contributed by atoms with Crippen molar-refractivity contribution in [1.29, 1.82) is 0 Å². The first kappa shape index (κ1) is 14.8. The number of rotatable bonds is 5. The molecule has 19 heavy (non-hydrogen) atoms. The summed E-state index contributed by atoms with van der Waals surface area (Å²) in [4.78, 5) is 11.6. The highest BCUT2D eigenvalue weighted by molar-refractivity contribution is 5.89. The first-order valence-electron chi connectivity index (χ1n) is 6.20. The molecule has 100 valence electrons. The standard InChI is InChI=1S/C16H18O3/c1-4-9-13(3)19-15(12-16(17)18-5-2)14-10-7-6-8-11-14/h6-8,10-13H,5H2,1-3H3/b15-12+. The highest BCUT2D eigenvalue weighted by atomic mass is 16.5. The Bertz CT molecular complexity index is 492. The van der Waals surface area contributed by atoms with Gasteiger partial charge in [0.1, 0.15) is 5.76 Å². The Kier molecular flexibility index (Phi) is 6.25. The van der Waals surface area contributed by atoms with Crippen LogP contribution in [0.4, 0.5) is 0 Å². The lowest BCUT2D eigenvalue weighted by Gasteiger charge is -2.13. The highest BCUT2D eigenvalue weighted by Crippen LogP contribution is 2.17. The summed E-state index contributed by atoms with van der Waals surface area (Å²) in [6.07, 6.45) is 1.07. The number of ether oxygens (including phenoxy) is 2. The molecule has 0 aliphatic carbocycles. The molecule has 0 radical (unpaired) electrons. The molecule has 1 unspecified atom stereocenters. The molecule has 3 nitrogen and oxygen atoms in total. The summed E-state index contributed by atoms with van der Waals surface area (Å²) >= 11 is 0. The maximum atomic E-state index is 11.6. The third-order valence-corrected chi connectivity index (χ3v) is 2.25. The molecule has 0 amide bonds. The van der Waals surface area contributed by atoms with Crippen LogP contribution < -0.4 is 0 Å². The summed E-state index contributed by atoms with van der Waals surface area (Å²) in [5, 5.41) is 0. The average molecular weight is 258 g/mol. The van der Waals surface area contributed by atoms with Crippen molar-refractivity contribution in [2.45, 2.75) is 26.9 Å². The summed E-state index contributed by atoms with van der Waals surface area (Å²) in [6.45, 7) is 5.68. The van der Waals surface area contributed by atoms with Crippen LogP contribution in [0.5, 0.6) is 0 Å². The number of benzene rings is 1. The van der Waals surface area contributed by atoms with Gasteiger partial charge in [0, 0.05) is 5.56 Å². The third-order valence-electron chi connectivity index (χ3n) is 2.25. The van der Waals surface area contributed by atoms with Crippen molar-refractivity contribution in [3.63, 3.8) is 0 Å². The SMILES string of the molecule is CC#CC(C)O/C(=C/C(=O)OCC)c1ccccc1. The van der Waals surface area contributed by atoms with Crippen molar-refractivity contribution in [2.24, 2.45) is 0 Å². The van der Waals surface area contributed by atoms with Gasteiger partial charge in [-0.1, -0.05) is 36.3 Å². The van der Waals surface area contributed by atoms with Gasteiger partial charge in [-0.15, -0.1) is 5.92 Å². The van der Waals surface area contributed by atoms with Crippen molar-refractivity contribution >= 4 is 11.7 Å². The van der Waals surface area contributed by atoms with Crippen LogP contribution in [-0.2, 0) is 14.3 Å². The average Bonchev–Trinajstić information content (AvgIpc) is 2.39. The number of hydrogen-bond donors (Lipinski definition) is 0. The Labute approximate surface area is 114 Å². The molecule has 0 aliphatic heterocycles. The minimum atomic E-state index is -0.419. The molecule has 1 rings (SSSR count). The van der Waals surface area contributed by atoms with Gasteiger partial charge in [-0.2, -0.15) is 0 Å². The van der Waals surface area contributed by atoms with Crippen LogP contribution in [0, 0.1) is 11.8 Å². The minimum Gasteiger partial charge on any atom is -0.477 e. The van der Waals surface area contributed by atoms with E-state index in [1.54, 1.807) is 13.8 Å². The number of carbonyl (C=O) groups excluding carboxylic acids is 1. The lowest BCUT2D eigenvalue weighted by molar-refractivity contribution is -0.137. The predicted octanol–water partition coefficient (Wildman–Crippen LogP) is 3.02. The van der Waals surface area contributed by atoms with Crippen LogP contribution in [-0.4, -0.2) is 18.7 Å². The number of hydrogen-bond acceptors (Lipinski definition) is 3. The van der Waals surface area contributed by atoms with Gasteiger partial charge in [0.15, 0.2) is 6.10 Å². The van der Waals surface area contributed by atoms with Crippen LogP contribution in [0.2, 0.25) is 0 Å². The van der Waals surface area contributed by atoms with E-state index >= 15 is 0 Å². The largest absolute Gasteiger partial charge is 0.477 e. The monoisotopic (exact) mass is 258 g/mol. The molecule has 0 bridgehead atoms. The molecule has 1 atom stereocenters. The molecule has 0 N–H and O–H groups in total. The van der Waals surface area contributed by atoms with Crippen LogP contribution in [0.3, 0.4) is 0 Å². The summed E-state index contributed by atoms with van der Waals surface area (Å²) in [5.41, 5.74) is 0.820. The Morgan fingerprint density at radius 3 is 2.63 bits per heavy atom. The van der Waals surface area contributed by atoms with Gasteiger partial charge in [-0.25, -0.2) is 4.79 Å². The van der Waals surface area contributed by atoms with Gasteiger partial charge in [0.2, 0.25) is 0 Å². The zero-order valence-corrected chi connectivity index (χ0v) is 11.5. The van der Waals surface area contributed by atoms with Crippen LogP contribution in [0.1, 0.15) is 26.3 Å². The van der Waals surface area contributed by atoms with Crippen LogP contribution >= 0.6 is 0 Å². The second-order valence-electron chi connectivity index (χ2n) is 3.78. The van der Waals surface area contributed by atoms with E-state index in [4.69, 9.17) is 9.47 Å². The Morgan fingerprint density at radius 2 is 2.05 bits per heavy atom. The fourth-order valence-corrected chi connectivity index (χ4v) is 1.50. The molecule has 3 heteroatoms. The van der Waals surface area contributed by atoms with E-state index < -0.39 is 5.97 Å². The van der Waals surface area contributed by atoms with Crippen molar-refractivity contribution < 1.29 is 14.3 Å². The summed E-state index contributed by atoms with van der Waals surface area (Å²) in [6, 6.07) is 9.41. The topological polar surface area (TPSA) is 35.5 Å². The molecular weight excluding hydrogens is 240 g/mol. The minimum absolute atomic E-state index is 0.286. The zero-order chi connectivity index (χ0) is 14.1. The van der Waals surface area contributed by atoms with E-state index in [1.807, 2.05) is 37.3 Å². The second-order valence-corrected chi connectivity index (χ2v) is 3.78. The van der Waals surface area contributed by atoms with E-state index in [-0.39, 0.29) is 6.10 Å². The molecule has 0 saturated heterocycles. The van der Waals surface area contributed by atoms with E-state index in [2.05, 4.69) is 11.8 Å². The third kappa shape index (κ3) is 5.31. The molecule has 0 aliphatic rings. The lowest BCUT2D eigenvalue weighted by atomic mass is 10.2. The van der Waals surface area contributed by atoms with E-state index in [1.165, 1.54) is 6.08 Å². The molecule has 1 aromatic rings. The fraction of sp³-hybridized carbons (Fsp3) is 0.312. The van der Waals surface area contributed by atoms with Crippen molar-refractivity contribution in [1.82, 2.24) is 0 Å². The first-order valence-corrected chi connectivity index (χ1v) is 6.20. The van der Waals surface area contributed by atoms with Gasteiger partial charge < -0.3 is 9.47 Å². The van der Waals surface area contributed by atoms with Gasteiger partial charge in [0.05, 0.1) is 12.7 Å². The van der Waals surface area contributed by atoms with Gasteiger partial charge in [-0.05, 0) is 20.8 Å². The maximum absolute atomic E-state index is 11.6. The smallest absolute Gasteiger partial charge is 0.334 e. The molecule has 0 spiro atoms. The van der Waals surface area contributed by atoms with Crippen LogP contribution in [0.25, 0.3) is 5.76 Å². The van der Waals surface area contributed by atoms with Crippen molar-refractivity contribution in [2.75, 3.05) is 6.61 Å². The van der Waals surface area contributed by atoms with Gasteiger partial charge in [0.25, 0.3) is 0 Å². The van der Waals surface area contributed by atoms with Gasteiger partial charge >= 0.3 is 5.97 Å². The highest BCUT2D eigenvalue weighted by Gasteiger charge is 2.09. The van der Waals surface area contributed by atoms with E-state index in [0.29, 0.717) is 12.4 Å². The molecule has 0 heterocycles. The molecule has 0 fully saturated rings. The maximum Gasteiger partial charge on any atom is 0.334 e. The first-order chi connectivity index (χ1) is 9.17. The summed E-state index contributed by atoms with van der Waals surface area (Å²) < 4.78 is 10.6. The second kappa shape index (κ2) is 7.99. The van der Waals surface area contributed by atoms with Crippen molar-refractivity contribution in [3.05, 3.63) is 42.0 Å². The molecule has 0 saturated carbocycles. The van der Waals surface area contributed by atoms with Gasteiger partial charge in [-0.3, -0.25) is 0 Å². The molecular formula is C16H18O3. The molecule has 0 aromatic heterocycles. The van der Waals surface area contributed by atoms with E-state index in [0.717, 1.165) is 5.56 Å². The lowest BCUT2D eigenvalue weighted by Crippen LogP contribution is -2.08.